The van der Waals surface area contributed by atoms with Crippen molar-refractivity contribution in [1.82, 2.24) is 4.98 Å². The third-order valence-corrected chi connectivity index (χ3v) is 7.50. The molecule has 2 aromatic heterocycles. The number of thiophene rings is 1. The molecule has 39 heavy (non-hydrogen) atoms. The molecule has 0 atom stereocenters. The van der Waals surface area contributed by atoms with Gasteiger partial charge in [-0.15, -0.1) is 11.3 Å². The maximum absolute atomic E-state index is 13.8. The summed E-state index contributed by atoms with van der Waals surface area (Å²) in [5.74, 6) is -0.0528. The lowest BCUT2D eigenvalue weighted by Gasteiger charge is -2.12. The van der Waals surface area contributed by atoms with Crippen molar-refractivity contribution in [2.45, 2.75) is 13.8 Å². The van der Waals surface area contributed by atoms with Crippen molar-refractivity contribution in [1.29, 1.82) is 0 Å². The number of para-hydroxylation sites is 1. The molecule has 5 rings (SSSR count). The number of esters is 1. The topological polar surface area (TPSA) is 77.5 Å². The number of nitrogens with one attached hydrogen (secondary N) is 1. The van der Waals surface area contributed by atoms with Crippen LogP contribution in [0.1, 0.15) is 34.6 Å². The van der Waals surface area contributed by atoms with Crippen LogP contribution in [0, 0.1) is 0 Å². The van der Waals surface area contributed by atoms with Crippen LogP contribution < -0.4 is 10.1 Å². The highest BCUT2D eigenvalue weighted by molar-refractivity contribution is 9.10. The van der Waals surface area contributed by atoms with Crippen LogP contribution in [0.4, 0.5) is 5.00 Å². The van der Waals surface area contributed by atoms with Crippen LogP contribution in [0.15, 0.2) is 88.7 Å². The Kier molecular flexibility index (Phi) is 8.05. The average Bonchev–Trinajstić information content (AvgIpc) is 3.37. The highest BCUT2D eigenvalue weighted by Gasteiger charge is 2.24. The zero-order valence-corrected chi connectivity index (χ0v) is 23.8. The summed E-state index contributed by atoms with van der Waals surface area (Å²) in [6.07, 6.45) is 0. The number of amides is 1. The van der Waals surface area contributed by atoms with Crippen molar-refractivity contribution in [2.24, 2.45) is 0 Å². The molecule has 0 saturated carbocycles. The largest absolute Gasteiger partial charge is 0.494 e. The minimum absolute atomic E-state index is 0.224. The van der Waals surface area contributed by atoms with Gasteiger partial charge in [0, 0.05) is 26.4 Å². The number of fused-ring (bicyclic) bond motifs is 1. The first kappa shape index (κ1) is 26.6. The van der Waals surface area contributed by atoms with E-state index in [4.69, 9.17) is 14.5 Å². The second-order valence-corrected chi connectivity index (χ2v) is 10.4. The molecule has 0 radical (unpaired) electrons. The molecular formula is C31H25BrN2O4S. The first-order chi connectivity index (χ1) is 19.0. The van der Waals surface area contributed by atoms with Gasteiger partial charge in [-0.2, -0.15) is 0 Å². The molecule has 0 aliphatic carbocycles. The highest BCUT2D eigenvalue weighted by atomic mass is 79.9. The molecular weight excluding hydrogens is 576 g/mol. The van der Waals surface area contributed by atoms with Crippen molar-refractivity contribution in [3.05, 3.63) is 99.8 Å². The molecule has 3 aromatic carbocycles. The van der Waals surface area contributed by atoms with E-state index in [1.165, 1.54) is 11.3 Å². The van der Waals surface area contributed by atoms with Gasteiger partial charge < -0.3 is 14.8 Å². The van der Waals surface area contributed by atoms with E-state index in [0.29, 0.717) is 44.9 Å². The van der Waals surface area contributed by atoms with Gasteiger partial charge in [-0.25, -0.2) is 9.78 Å². The number of anilines is 1. The first-order valence-electron chi connectivity index (χ1n) is 12.5. The van der Waals surface area contributed by atoms with Gasteiger partial charge in [-0.05, 0) is 67.9 Å². The van der Waals surface area contributed by atoms with Crippen LogP contribution in [-0.4, -0.2) is 30.1 Å². The first-order valence-corrected chi connectivity index (χ1v) is 14.1. The molecule has 0 aliphatic heterocycles. The maximum Gasteiger partial charge on any atom is 0.341 e. The Hall–Kier alpha value is -4.01. The van der Waals surface area contributed by atoms with Crippen molar-refractivity contribution in [3.63, 3.8) is 0 Å². The SMILES string of the molecule is CCOC(=O)c1c(-c2ccc(Br)cc2)csc1NC(=O)c1cc(-c2ccc(OCC)cc2)nc2ccccc12. The van der Waals surface area contributed by atoms with E-state index in [-0.39, 0.29) is 12.5 Å². The summed E-state index contributed by atoms with van der Waals surface area (Å²) >= 11 is 4.74. The third-order valence-electron chi connectivity index (χ3n) is 6.07. The molecule has 5 aromatic rings. The fraction of sp³-hybridized carbons (Fsp3) is 0.129. The van der Waals surface area contributed by atoms with Gasteiger partial charge in [0.1, 0.15) is 16.3 Å². The van der Waals surface area contributed by atoms with Crippen LogP contribution in [0.2, 0.25) is 0 Å². The lowest BCUT2D eigenvalue weighted by molar-refractivity contribution is 0.0529. The summed E-state index contributed by atoms with van der Waals surface area (Å²) in [5.41, 5.74) is 4.57. The number of aromatic nitrogens is 1. The predicted octanol–water partition coefficient (Wildman–Crippen LogP) is 8.22. The van der Waals surface area contributed by atoms with E-state index in [1.807, 2.05) is 85.1 Å². The molecule has 0 fully saturated rings. The predicted molar refractivity (Wildman–Crippen MR) is 160 cm³/mol. The fourth-order valence-electron chi connectivity index (χ4n) is 4.27. The summed E-state index contributed by atoms with van der Waals surface area (Å²) in [6.45, 7) is 4.50. The number of pyridine rings is 1. The lowest BCUT2D eigenvalue weighted by Crippen LogP contribution is -2.15. The molecule has 0 spiro atoms. The standard InChI is InChI=1S/C31H25BrN2O4S/c1-3-37-22-15-11-20(12-16-22)27-17-24(23-7-5-6-8-26(23)33-27)29(35)34-30-28(31(36)38-4-2)25(18-39-30)19-9-13-21(32)14-10-19/h5-18H,3-4H2,1-2H3,(H,34,35). The Balaban J connectivity index is 1.55. The molecule has 1 amide bonds. The number of ether oxygens (including phenoxy) is 2. The van der Waals surface area contributed by atoms with Gasteiger partial charge in [-0.3, -0.25) is 4.79 Å². The fourth-order valence-corrected chi connectivity index (χ4v) is 5.48. The van der Waals surface area contributed by atoms with Gasteiger partial charge in [0.2, 0.25) is 0 Å². The number of carbonyl (C=O) groups excluding carboxylic acids is 2. The van der Waals surface area contributed by atoms with Crippen molar-refractivity contribution >= 4 is 55.0 Å². The minimum atomic E-state index is -0.485. The summed E-state index contributed by atoms with van der Waals surface area (Å²) < 4.78 is 11.9. The molecule has 0 saturated heterocycles. The molecule has 0 aliphatic rings. The summed E-state index contributed by atoms with van der Waals surface area (Å²) in [5, 5.41) is 5.99. The highest BCUT2D eigenvalue weighted by Crippen LogP contribution is 2.37. The van der Waals surface area contributed by atoms with E-state index in [1.54, 1.807) is 13.0 Å². The van der Waals surface area contributed by atoms with Gasteiger partial charge in [-0.1, -0.05) is 46.3 Å². The van der Waals surface area contributed by atoms with Crippen LogP contribution in [0.3, 0.4) is 0 Å². The second kappa shape index (κ2) is 11.8. The summed E-state index contributed by atoms with van der Waals surface area (Å²) in [6, 6.07) is 24.6. The molecule has 6 nitrogen and oxygen atoms in total. The van der Waals surface area contributed by atoms with Crippen molar-refractivity contribution in [3.8, 4) is 28.1 Å². The smallest absolute Gasteiger partial charge is 0.341 e. The second-order valence-electron chi connectivity index (χ2n) is 8.56. The maximum atomic E-state index is 13.8. The van der Waals surface area contributed by atoms with E-state index in [9.17, 15) is 9.59 Å². The zero-order chi connectivity index (χ0) is 27.4. The molecule has 1 N–H and O–H groups in total. The van der Waals surface area contributed by atoms with Crippen LogP contribution in [0.5, 0.6) is 5.75 Å². The van der Waals surface area contributed by atoms with E-state index < -0.39 is 5.97 Å². The molecule has 0 unspecified atom stereocenters. The quantitative estimate of drug-likeness (QED) is 0.181. The Labute approximate surface area is 238 Å². The number of hydrogen-bond donors (Lipinski definition) is 1. The van der Waals surface area contributed by atoms with Crippen LogP contribution in [-0.2, 0) is 4.74 Å². The number of rotatable bonds is 8. The number of halogens is 1. The normalized spacial score (nSPS) is 10.8. The van der Waals surface area contributed by atoms with E-state index in [2.05, 4.69) is 21.2 Å². The average molecular weight is 602 g/mol. The van der Waals surface area contributed by atoms with Crippen molar-refractivity contribution < 1.29 is 19.1 Å². The Bertz CT molecular complexity index is 1650. The van der Waals surface area contributed by atoms with Gasteiger partial charge in [0.25, 0.3) is 5.91 Å². The third kappa shape index (κ3) is 5.72. The Morgan fingerprint density at radius 1 is 0.923 bits per heavy atom. The van der Waals surface area contributed by atoms with Crippen LogP contribution in [0.25, 0.3) is 33.3 Å². The Morgan fingerprint density at radius 2 is 1.64 bits per heavy atom. The molecule has 8 heteroatoms. The van der Waals surface area contributed by atoms with Crippen molar-refractivity contribution in [2.75, 3.05) is 18.5 Å². The number of hydrogen-bond acceptors (Lipinski definition) is 6. The summed E-state index contributed by atoms with van der Waals surface area (Å²) in [4.78, 5) is 31.6. The summed E-state index contributed by atoms with van der Waals surface area (Å²) in [7, 11) is 0. The van der Waals surface area contributed by atoms with Gasteiger partial charge in [0.15, 0.2) is 0 Å². The van der Waals surface area contributed by atoms with E-state index >= 15 is 0 Å². The number of carbonyl (C=O) groups is 2. The van der Waals surface area contributed by atoms with E-state index in [0.717, 1.165) is 21.3 Å². The zero-order valence-electron chi connectivity index (χ0n) is 21.4. The minimum Gasteiger partial charge on any atom is -0.494 e. The Morgan fingerprint density at radius 3 is 2.36 bits per heavy atom. The molecule has 196 valence electrons. The van der Waals surface area contributed by atoms with Gasteiger partial charge >= 0.3 is 5.97 Å². The monoisotopic (exact) mass is 600 g/mol. The van der Waals surface area contributed by atoms with Gasteiger partial charge in [0.05, 0.1) is 30.0 Å². The lowest BCUT2D eigenvalue weighted by atomic mass is 10.0. The number of benzene rings is 3. The molecule has 2 heterocycles. The number of nitrogens with zero attached hydrogens (tertiary/aromatic N) is 1. The van der Waals surface area contributed by atoms with Crippen LogP contribution >= 0.6 is 27.3 Å². The molecule has 0 bridgehead atoms.